The fraction of sp³-hybridized carbons (Fsp3) is 0.303. The van der Waals surface area contributed by atoms with E-state index in [-0.39, 0.29) is 11.6 Å². The molecule has 2 unspecified atom stereocenters. The SMILES string of the molecule is CCCCC(CC)Cn1c2ccc(C(=O)c3c(OCC)ccc4ccccc34)cc2c2cc(/C(=N/OC=O)c3ccccc3OCCCCCCOc3ccccc3/C(=N\OC(C)=O)c3ccc4c(c3)c3cc(C(=O)c5c(OCC)ccc6ccccc56)ccc3n4CC(CC)CCCC)ccc21. The molecule has 2 aromatic heterocycles. The molecule has 0 aliphatic heterocycles. The molecule has 0 saturated carbocycles. The lowest BCUT2D eigenvalue weighted by Gasteiger charge is -2.18. The molecule has 14 nitrogen and oxygen atoms in total. The fourth-order valence-corrected chi connectivity index (χ4v) is 14.5. The van der Waals surface area contributed by atoms with Crippen LogP contribution in [0.15, 0.2) is 204 Å². The highest BCUT2D eigenvalue weighted by molar-refractivity contribution is 6.24. The van der Waals surface area contributed by atoms with Gasteiger partial charge >= 0.3 is 12.4 Å². The van der Waals surface area contributed by atoms with Crippen molar-refractivity contribution in [1.29, 1.82) is 0 Å². The predicted molar refractivity (Wildman–Crippen MR) is 415 cm³/mol. The Morgan fingerprint density at radius 2 is 0.806 bits per heavy atom. The molecule has 0 amide bonds. The van der Waals surface area contributed by atoms with Crippen molar-refractivity contribution in [2.24, 2.45) is 22.1 Å². The van der Waals surface area contributed by atoms with E-state index in [0.29, 0.717) is 124 Å². The Morgan fingerprint density at radius 3 is 1.21 bits per heavy atom. The van der Waals surface area contributed by atoms with E-state index in [1.54, 1.807) is 0 Å². The van der Waals surface area contributed by atoms with Crippen LogP contribution in [0.3, 0.4) is 0 Å². The maximum absolute atomic E-state index is 14.9. The van der Waals surface area contributed by atoms with E-state index < -0.39 is 5.97 Å². The van der Waals surface area contributed by atoms with Gasteiger partial charge in [0, 0.05) is 97.0 Å². The van der Waals surface area contributed by atoms with Crippen molar-refractivity contribution in [2.45, 2.75) is 139 Å². The first-order valence-corrected chi connectivity index (χ1v) is 36.9. The fourth-order valence-electron chi connectivity index (χ4n) is 14.5. The van der Waals surface area contributed by atoms with Crippen molar-refractivity contribution in [1.82, 2.24) is 9.13 Å². The van der Waals surface area contributed by atoms with Gasteiger partial charge in [0.1, 0.15) is 34.4 Å². The summed E-state index contributed by atoms with van der Waals surface area (Å²) < 4.78 is 30.2. The maximum atomic E-state index is 14.9. The van der Waals surface area contributed by atoms with E-state index in [4.69, 9.17) is 28.6 Å². The normalized spacial score (nSPS) is 12.5. The summed E-state index contributed by atoms with van der Waals surface area (Å²) in [5, 5.41) is 16.3. The molecular weight excluding hydrogens is 1280 g/mol. The lowest BCUT2D eigenvalue weighted by atomic mass is 9.95. The van der Waals surface area contributed by atoms with Crippen LogP contribution in [-0.2, 0) is 32.4 Å². The average molecular weight is 1380 g/mol. The first-order valence-electron chi connectivity index (χ1n) is 36.9. The Balaban J connectivity index is 0.767. The van der Waals surface area contributed by atoms with Gasteiger partial charge in [-0.05, 0) is 183 Å². The summed E-state index contributed by atoms with van der Waals surface area (Å²) in [7, 11) is 0. The second-order valence-electron chi connectivity index (χ2n) is 26.6. The number of benzene rings is 10. The Hall–Kier alpha value is -10.9. The minimum atomic E-state index is -0.557. The number of unbranched alkanes of at least 4 members (excludes halogenated alkanes) is 5. The van der Waals surface area contributed by atoms with E-state index in [2.05, 4.69) is 83.5 Å². The first kappa shape index (κ1) is 71.9. The van der Waals surface area contributed by atoms with Crippen LogP contribution in [0, 0.1) is 11.8 Å². The van der Waals surface area contributed by atoms with Crippen LogP contribution in [-0.4, -0.2) is 71.0 Å². The third-order valence-electron chi connectivity index (χ3n) is 19.9. The van der Waals surface area contributed by atoms with Gasteiger partial charge in [0.05, 0.1) is 37.6 Å². The standard InChI is InChI=1S/C89H92N4O10/c1-8-14-28-60(10-3)56-92-76-44-38-64(52-72(76)74-54-66(40-46-78(74)92)88(96)84-68-32-20-18-30-62(68)42-48-82(84)98-12-5)86(90-102-58-94)70-34-22-24-36-80(70)100-50-26-16-17-27-51-101-81-37-25-23-35-71(81)87(91-103-59(7)95)65-39-45-77-73(53-65)75-55-67(41-47-79(75)93(77)57-61(11-4)29-15-9-2)89(97)85-69-33-21-19-31-63(69)43-49-83(85)99-13-6/h18-25,30-49,52-55,58,60-61H,8-17,26-29,50-51,56-57H2,1-7H3/b90-86-,91-87-. The monoisotopic (exact) mass is 1380 g/mol. The first-order chi connectivity index (χ1) is 50.5. The number of carbonyl (C=O) groups excluding carboxylic acids is 4. The lowest BCUT2D eigenvalue weighted by molar-refractivity contribution is -0.141. The van der Waals surface area contributed by atoms with Crippen molar-refractivity contribution in [3.63, 3.8) is 0 Å². The number of para-hydroxylation sites is 2. The van der Waals surface area contributed by atoms with Crippen LogP contribution in [0.5, 0.6) is 23.0 Å². The van der Waals surface area contributed by atoms with Crippen LogP contribution in [0.25, 0.3) is 65.2 Å². The van der Waals surface area contributed by atoms with Gasteiger partial charge in [-0.1, -0.05) is 174 Å². The molecule has 0 radical (unpaired) electrons. The van der Waals surface area contributed by atoms with Crippen LogP contribution in [0.2, 0.25) is 0 Å². The Morgan fingerprint density at radius 1 is 0.408 bits per heavy atom. The van der Waals surface area contributed by atoms with Gasteiger partial charge in [0.25, 0.3) is 0 Å². The largest absolute Gasteiger partial charge is 0.493 e. The number of hydrogen-bond acceptors (Lipinski definition) is 12. The molecule has 528 valence electrons. The second-order valence-corrected chi connectivity index (χ2v) is 26.6. The van der Waals surface area contributed by atoms with Gasteiger partial charge in [-0.25, -0.2) is 4.79 Å². The topological polar surface area (TPSA) is 158 Å². The molecule has 14 heteroatoms. The van der Waals surface area contributed by atoms with E-state index in [1.165, 1.54) is 6.92 Å². The number of ketones is 2. The van der Waals surface area contributed by atoms with Crippen LogP contribution in [0.1, 0.15) is 180 Å². The van der Waals surface area contributed by atoms with Crippen molar-refractivity contribution in [3.05, 3.63) is 239 Å². The number of oxime groups is 2. The molecule has 0 spiro atoms. The summed E-state index contributed by atoms with van der Waals surface area (Å²) in [5.41, 5.74) is 9.85. The summed E-state index contributed by atoms with van der Waals surface area (Å²) in [5.74, 6) is 2.37. The van der Waals surface area contributed by atoms with Gasteiger partial charge in [0.2, 0.25) is 0 Å². The third kappa shape index (κ3) is 15.9. The zero-order valence-electron chi connectivity index (χ0n) is 60.3. The number of fused-ring (bicyclic) bond motifs is 8. The summed E-state index contributed by atoms with van der Waals surface area (Å²) in [6, 6.07) is 63.4. The molecule has 0 bridgehead atoms. The molecule has 2 atom stereocenters. The zero-order chi connectivity index (χ0) is 71.8. The van der Waals surface area contributed by atoms with Crippen LogP contribution in [0.4, 0.5) is 0 Å². The Kier molecular flexibility index (Phi) is 23.9. The number of carbonyl (C=O) groups is 4. The molecule has 0 aliphatic carbocycles. The lowest BCUT2D eigenvalue weighted by Crippen LogP contribution is -2.11. The maximum Gasteiger partial charge on any atom is 0.332 e. The number of ether oxygens (including phenoxy) is 4. The van der Waals surface area contributed by atoms with Crippen molar-refractivity contribution in [3.8, 4) is 23.0 Å². The van der Waals surface area contributed by atoms with Gasteiger partial charge < -0.3 is 37.8 Å². The summed E-state index contributed by atoms with van der Waals surface area (Å²) in [6.45, 7) is 17.8. The number of hydrogen-bond donors (Lipinski definition) is 0. The molecule has 0 fully saturated rings. The molecule has 0 N–H and O–H groups in total. The number of nitrogens with zero attached hydrogens (tertiary/aromatic N) is 4. The van der Waals surface area contributed by atoms with Crippen molar-refractivity contribution < 1.29 is 47.8 Å². The Labute approximate surface area is 603 Å². The summed E-state index contributed by atoms with van der Waals surface area (Å²) >= 11 is 0. The molecule has 10 aromatic carbocycles. The highest BCUT2D eigenvalue weighted by Crippen LogP contribution is 2.40. The van der Waals surface area contributed by atoms with E-state index in [9.17, 15) is 19.2 Å². The molecule has 0 saturated heterocycles. The predicted octanol–water partition coefficient (Wildman–Crippen LogP) is 21.2. The van der Waals surface area contributed by atoms with Gasteiger partial charge in [-0.3, -0.25) is 14.4 Å². The molecule has 103 heavy (non-hydrogen) atoms. The van der Waals surface area contributed by atoms with Crippen LogP contribution < -0.4 is 18.9 Å². The quantitative estimate of drug-likeness (QED) is 0.00924. The second kappa shape index (κ2) is 34.2. The molecule has 2 heterocycles. The molecule has 0 aliphatic rings. The summed E-state index contributed by atoms with van der Waals surface area (Å²) in [4.78, 5) is 65.1. The van der Waals surface area contributed by atoms with Gasteiger partial charge in [-0.2, -0.15) is 0 Å². The minimum Gasteiger partial charge on any atom is -0.493 e. The number of aromatic nitrogens is 2. The van der Waals surface area contributed by atoms with Crippen molar-refractivity contribution in [2.75, 3.05) is 26.4 Å². The summed E-state index contributed by atoms with van der Waals surface area (Å²) in [6.07, 6.45) is 12.0. The molecule has 12 aromatic rings. The number of rotatable bonds is 36. The Bertz CT molecular complexity index is 5120. The molecular formula is C89H92N4O10. The van der Waals surface area contributed by atoms with Crippen LogP contribution >= 0.6 is 0 Å². The van der Waals surface area contributed by atoms with E-state index >= 15 is 0 Å². The smallest absolute Gasteiger partial charge is 0.332 e. The molecule has 12 rings (SSSR count). The average Bonchev–Trinajstić information content (AvgIpc) is 1.62. The van der Waals surface area contributed by atoms with E-state index in [0.717, 1.165) is 155 Å². The third-order valence-corrected chi connectivity index (χ3v) is 19.9. The van der Waals surface area contributed by atoms with Crippen molar-refractivity contribution >= 4 is 101 Å². The van der Waals surface area contributed by atoms with E-state index in [1.807, 2.05) is 172 Å². The highest BCUT2D eigenvalue weighted by Gasteiger charge is 2.26. The minimum absolute atomic E-state index is 0.123. The van der Waals surface area contributed by atoms with Gasteiger partial charge in [0.15, 0.2) is 11.6 Å². The highest BCUT2D eigenvalue weighted by atomic mass is 16.7. The van der Waals surface area contributed by atoms with Gasteiger partial charge in [-0.15, -0.1) is 0 Å². The zero-order valence-corrected chi connectivity index (χ0v) is 60.3.